The second kappa shape index (κ2) is 9.06. The highest BCUT2D eigenvalue weighted by Gasteiger charge is 2.32. The maximum atomic E-state index is 12.4. The molecule has 1 aromatic heterocycles. The Morgan fingerprint density at radius 2 is 1.79 bits per heavy atom. The summed E-state index contributed by atoms with van der Waals surface area (Å²) in [4.78, 5) is 24.5. The first-order chi connectivity index (χ1) is 16.5. The van der Waals surface area contributed by atoms with Crippen molar-refractivity contribution < 1.29 is 23.4 Å². The van der Waals surface area contributed by atoms with Crippen LogP contribution in [0.1, 0.15) is 34.6 Å². The molecule has 0 saturated heterocycles. The van der Waals surface area contributed by atoms with Gasteiger partial charge in [0.05, 0.1) is 20.1 Å². The van der Waals surface area contributed by atoms with Crippen molar-refractivity contribution in [3.63, 3.8) is 0 Å². The molecule has 1 atom stereocenters. The molecule has 2 heterocycles. The minimum atomic E-state index is -0.436. The summed E-state index contributed by atoms with van der Waals surface area (Å²) in [7, 11) is 1.59. The van der Waals surface area contributed by atoms with Crippen LogP contribution in [0.5, 0.6) is 17.2 Å². The van der Waals surface area contributed by atoms with Crippen molar-refractivity contribution in [3.05, 3.63) is 99.4 Å². The van der Waals surface area contributed by atoms with Gasteiger partial charge in [0.1, 0.15) is 11.3 Å². The predicted octanol–water partition coefficient (Wildman–Crippen LogP) is 5.17. The maximum Gasteiger partial charge on any atom is 0.336 e. The van der Waals surface area contributed by atoms with E-state index in [-0.39, 0.29) is 18.3 Å². The number of rotatable bonds is 6. The molecule has 3 aromatic carbocycles. The van der Waals surface area contributed by atoms with Crippen molar-refractivity contribution in [2.45, 2.75) is 25.7 Å². The summed E-state index contributed by atoms with van der Waals surface area (Å²) < 4.78 is 22.7. The number of aryl methyl sites for hydroxylation is 1. The fraction of sp³-hybridized carbons (Fsp3) is 0.214. The van der Waals surface area contributed by atoms with Gasteiger partial charge in [0, 0.05) is 29.4 Å². The summed E-state index contributed by atoms with van der Waals surface area (Å²) in [6, 6.07) is 20.8. The number of carbonyl (C=O) groups excluding carboxylic acids is 1. The molecule has 0 fully saturated rings. The molecular formula is C28H24O6. The molecule has 34 heavy (non-hydrogen) atoms. The van der Waals surface area contributed by atoms with Crippen molar-refractivity contribution in [3.8, 4) is 17.2 Å². The summed E-state index contributed by atoms with van der Waals surface area (Å²) >= 11 is 0. The van der Waals surface area contributed by atoms with E-state index in [4.69, 9.17) is 18.6 Å². The number of hydrogen-bond donors (Lipinski definition) is 0. The monoisotopic (exact) mass is 456 g/mol. The van der Waals surface area contributed by atoms with Gasteiger partial charge in [0.2, 0.25) is 0 Å². The van der Waals surface area contributed by atoms with E-state index >= 15 is 0 Å². The van der Waals surface area contributed by atoms with E-state index in [9.17, 15) is 9.59 Å². The summed E-state index contributed by atoms with van der Waals surface area (Å²) in [6.45, 7) is 2.37. The topological polar surface area (TPSA) is 75.0 Å². The Hall–Kier alpha value is -4.06. The first-order valence-electron chi connectivity index (χ1n) is 11.2. The van der Waals surface area contributed by atoms with Gasteiger partial charge in [-0.05, 0) is 47.9 Å². The van der Waals surface area contributed by atoms with E-state index in [0.717, 1.165) is 22.9 Å². The zero-order valence-corrected chi connectivity index (χ0v) is 19.0. The van der Waals surface area contributed by atoms with Crippen LogP contribution in [0, 0.1) is 6.92 Å². The molecule has 5 rings (SSSR count). The van der Waals surface area contributed by atoms with Crippen molar-refractivity contribution in [2.24, 2.45) is 0 Å². The normalized spacial score (nSPS) is 15.0. The van der Waals surface area contributed by atoms with Crippen LogP contribution in [-0.2, 0) is 11.2 Å². The summed E-state index contributed by atoms with van der Waals surface area (Å²) in [5.74, 6) is 0.917. The average Bonchev–Trinajstić information content (AvgIpc) is 2.84. The molecule has 4 aromatic rings. The Morgan fingerprint density at radius 3 is 2.59 bits per heavy atom. The number of methoxy groups -OCH3 is 1. The molecule has 1 aliphatic rings. The third-order valence-corrected chi connectivity index (χ3v) is 6.14. The summed E-state index contributed by atoms with van der Waals surface area (Å²) in [6.07, 6.45) is 0.902. The summed E-state index contributed by atoms with van der Waals surface area (Å²) in [5, 5.41) is 0.814. The van der Waals surface area contributed by atoms with Crippen LogP contribution < -0.4 is 19.8 Å². The van der Waals surface area contributed by atoms with Crippen molar-refractivity contribution >= 4 is 16.9 Å². The second-order valence-corrected chi connectivity index (χ2v) is 8.33. The molecule has 0 spiro atoms. The molecule has 0 aliphatic carbocycles. The van der Waals surface area contributed by atoms with E-state index in [1.807, 2.05) is 49.4 Å². The molecule has 0 saturated carbocycles. The lowest BCUT2D eigenvalue weighted by Crippen LogP contribution is -2.21. The number of benzene rings is 3. The molecule has 0 N–H and O–H groups in total. The van der Waals surface area contributed by atoms with Crippen LogP contribution in [0.25, 0.3) is 11.0 Å². The Balaban J connectivity index is 1.50. The van der Waals surface area contributed by atoms with Crippen molar-refractivity contribution in [1.82, 2.24) is 0 Å². The highest BCUT2D eigenvalue weighted by Crippen LogP contribution is 2.44. The minimum Gasteiger partial charge on any atom is -0.493 e. The highest BCUT2D eigenvalue weighted by molar-refractivity contribution is 5.90. The smallest absolute Gasteiger partial charge is 0.336 e. The Morgan fingerprint density at radius 1 is 0.971 bits per heavy atom. The van der Waals surface area contributed by atoms with Crippen molar-refractivity contribution in [1.29, 1.82) is 0 Å². The number of esters is 1. The first-order valence-corrected chi connectivity index (χ1v) is 11.2. The molecule has 0 amide bonds. The van der Waals surface area contributed by atoms with Crippen LogP contribution in [0.2, 0.25) is 0 Å². The van der Waals surface area contributed by atoms with Gasteiger partial charge in [-0.1, -0.05) is 36.4 Å². The fourth-order valence-corrected chi connectivity index (χ4v) is 4.47. The number of carbonyl (C=O) groups is 1. The Kier molecular flexibility index (Phi) is 5.80. The van der Waals surface area contributed by atoms with Crippen LogP contribution in [0.15, 0.2) is 75.9 Å². The van der Waals surface area contributed by atoms with Crippen LogP contribution in [0.4, 0.5) is 0 Å². The van der Waals surface area contributed by atoms with Gasteiger partial charge < -0.3 is 18.6 Å². The second-order valence-electron chi connectivity index (χ2n) is 8.33. The quantitative estimate of drug-likeness (QED) is 0.226. The number of ether oxygens (including phenoxy) is 3. The van der Waals surface area contributed by atoms with E-state index in [0.29, 0.717) is 35.0 Å². The van der Waals surface area contributed by atoms with Gasteiger partial charge in [-0.25, -0.2) is 4.79 Å². The third kappa shape index (κ3) is 4.15. The molecule has 1 aliphatic heterocycles. The Bertz CT molecular complexity index is 1420. The molecule has 0 radical (unpaired) electrons. The minimum absolute atomic E-state index is 0.126. The zero-order valence-electron chi connectivity index (χ0n) is 19.0. The van der Waals surface area contributed by atoms with Crippen LogP contribution in [0.3, 0.4) is 0 Å². The Labute approximate surface area is 196 Å². The molecular weight excluding hydrogens is 432 g/mol. The van der Waals surface area contributed by atoms with Gasteiger partial charge >= 0.3 is 11.6 Å². The fourth-order valence-electron chi connectivity index (χ4n) is 4.47. The van der Waals surface area contributed by atoms with Gasteiger partial charge in [-0.15, -0.1) is 0 Å². The van der Waals surface area contributed by atoms with Gasteiger partial charge in [0.15, 0.2) is 11.5 Å². The molecule has 0 unspecified atom stereocenters. The van der Waals surface area contributed by atoms with E-state index < -0.39 is 5.63 Å². The van der Waals surface area contributed by atoms with Crippen molar-refractivity contribution in [2.75, 3.05) is 13.7 Å². The van der Waals surface area contributed by atoms with Crippen LogP contribution in [-0.4, -0.2) is 19.7 Å². The predicted molar refractivity (Wildman–Crippen MR) is 128 cm³/mol. The van der Waals surface area contributed by atoms with Gasteiger partial charge in [0.25, 0.3) is 0 Å². The third-order valence-electron chi connectivity index (χ3n) is 6.14. The van der Waals surface area contributed by atoms with E-state index in [1.54, 1.807) is 13.2 Å². The lowest BCUT2D eigenvalue weighted by Gasteiger charge is -2.26. The van der Waals surface area contributed by atoms with Gasteiger partial charge in [-0.3, -0.25) is 4.79 Å². The average molecular weight is 456 g/mol. The van der Waals surface area contributed by atoms with Gasteiger partial charge in [-0.2, -0.15) is 0 Å². The lowest BCUT2D eigenvalue weighted by molar-refractivity contribution is -0.135. The molecule has 6 heteroatoms. The largest absolute Gasteiger partial charge is 0.493 e. The van der Waals surface area contributed by atoms with Crippen LogP contribution >= 0.6 is 0 Å². The van der Waals surface area contributed by atoms with E-state index in [1.165, 1.54) is 11.6 Å². The van der Waals surface area contributed by atoms with E-state index in [2.05, 4.69) is 12.1 Å². The molecule has 0 bridgehead atoms. The number of hydrogen-bond acceptors (Lipinski definition) is 6. The SMILES string of the molecule is COc1cc([C@H]2CC(=O)Oc3ccc4c(C)cc(=O)oc4c32)ccc1OCCc1ccccc1. The molecule has 6 nitrogen and oxygen atoms in total. The molecule has 172 valence electrons. The lowest BCUT2D eigenvalue weighted by atomic mass is 9.85. The zero-order chi connectivity index (χ0) is 23.7. The standard InChI is InChI=1S/C28H24O6/c1-17-14-25(29)34-28-20(17)9-11-23-27(28)21(16-26(30)33-23)19-8-10-22(24(15-19)31-2)32-13-12-18-6-4-3-5-7-18/h3-11,14-15,21H,12-13,16H2,1-2H3/t21-/m1/s1. The first kappa shape index (κ1) is 21.8. The highest BCUT2D eigenvalue weighted by atomic mass is 16.5. The maximum absolute atomic E-state index is 12.4. The summed E-state index contributed by atoms with van der Waals surface area (Å²) in [5.41, 5.74) is 3.55. The number of fused-ring (bicyclic) bond motifs is 3.